The van der Waals surface area contributed by atoms with Crippen LogP contribution < -0.4 is 5.32 Å². The maximum absolute atomic E-state index is 12.1. The van der Waals surface area contributed by atoms with Gasteiger partial charge in [0.2, 0.25) is 5.91 Å². The number of fused-ring (bicyclic) bond motifs is 1. The van der Waals surface area contributed by atoms with E-state index in [0.717, 1.165) is 22.6 Å². The van der Waals surface area contributed by atoms with E-state index in [1.54, 1.807) is 11.8 Å². The van der Waals surface area contributed by atoms with Gasteiger partial charge in [-0.25, -0.2) is 0 Å². The van der Waals surface area contributed by atoms with Crippen LogP contribution in [-0.2, 0) is 9.53 Å². The first-order valence-corrected chi connectivity index (χ1v) is 7.56. The lowest BCUT2D eigenvalue weighted by Crippen LogP contribution is -2.39. The van der Waals surface area contributed by atoms with Crippen LogP contribution in [0.4, 0.5) is 13.2 Å². The van der Waals surface area contributed by atoms with Crippen molar-refractivity contribution in [3.63, 3.8) is 0 Å². The lowest BCUT2D eigenvalue weighted by Gasteiger charge is -2.27. The summed E-state index contributed by atoms with van der Waals surface area (Å²) in [7, 11) is 0. The molecule has 0 saturated heterocycles. The van der Waals surface area contributed by atoms with Gasteiger partial charge in [0, 0.05) is 10.6 Å². The standard InChI is InChI=1S/C14H16F3NO2S/c1-9(20-8-14(15,16)17)13(19)18-11-6-7-21-12-5-3-2-4-10(11)12/h2-5,9,11H,6-8H2,1H3,(H,18,19). The number of benzene rings is 1. The second-order valence-corrected chi connectivity index (χ2v) is 5.94. The molecule has 1 aliphatic rings. The van der Waals surface area contributed by atoms with Crippen molar-refractivity contribution in [2.24, 2.45) is 0 Å². The van der Waals surface area contributed by atoms with Gasteiger partial charge in [-0.15, -0.1) is 11.8 Å². The minimum absolute atomic E-state index is 0.174. The molecule has 1 amide bonds. The lowest BCUT2D eigenvalue weighted by atomic mass is 10.0. The summed E-state index contributed by atoms with van der Waals surface area (Å²) in [6.07, 6.45) is -4.81. The van der Waals surface area contributed by atoms with Crippen LogP contribution in [0.3, 0.4) is 0 Å². The van der Waals surface area contributed by atoms with Gasteiger partial charge in [0.1, 0.15) is 12.7 Å². The average molecular weight is 319 g/mol. The van der Waals surface area contributed by atoms with Gasteiger partial charge in [-0.2, -0.15) is 13.2 Å². The Morgan fingerprint density at radius 1 is 1.48 bits per heavy atom. The van der Waals surface area contributed by atoms with Gasteiger partial charge in [0.25, 0.3) is 0 Å². The van der Waals surface area contributed by atoms with Crippen molar-refractivity contribution in [2.45, 2.75) is 36.6 Å². The fraction of sp³-hybridized carbons (Fsp3) is 0.500. The molecule has 0 bridgehead atoms. The number of hydrogen-bond donors (Lipinski definition) is 1. The zero-order valence-corrected chi connectivity index (χ0v) is 12.3. The van der Waals surface area contributed by atoms with E-state index in [0.29, 0.717) is 0 Å². The molecule has 1 heterocycles. The van der Waals surface area contributed by atoms with E-state index in [2.05, 4.69) is 10.1 Å². The monoisotopic (exact) mass is 319 g/mol. The molecule has 21 heavy (non-hydrogen) atoms. The molecule has 1 aromatic carbocycles. The minimum atomic E-state index is -4.43. The fourth-order valence-corrected chi connectivity index (χ4v) is 3.20. The second kappa shape index (κ2) is 6.70. The van der Waals surface area contributed by atoms with E-state index in [4.69, 9.17) is 0 Å². The highest BCUT2D eigenvalue weighted by atomic mass is 32.2. The largest absolute Gasteiger partial charge is 0.411 e. The number of rotatable bonds is 4. The maximum Gasteiger partial charge on any atom is 0.411 e. The molecular formula is C14H16F3NO2S. The number of alkyl halides is 3. The van der Waals surface area contributed by atoms with Gasteiger partial charge in [-0.3, -0.25) is 4.79 Å². The Kier molecular flexibility index (Phi) is 5.16. The molecule has 0 fully saturated rings. The summed E-state index contributed by atoms with van der Waals surface area (Å²) in [6, 6.07) is 7.53. The first-order valence-electron chi connectivity index (χ1n) is 6.57. The molecule has 0 radical (unpaired) electrons. The van der Waals surface area contributed by atoms with Crippen molar-refractivity contribution in [1.29, 1.82) is 0 Å². The summed E-state index contributed by atoms with van der Waals surface area (Å²) in [5.41, 5.74) is 1.00. The van der Waals surface area contributed by atoms with Crippen LogP contribution in [0, 0.1) is 0 Å². The van der Waals surface area contributed by atoms with Crippen molar-refractivity contribution < 1.29 is 22.7 Å². The molecule has 0 aliphatic carbocycles. The van der Waals surface area contributed by atoms with Gasteiger partial charge >= 0.3 is 6.18 Å². The second-order valence-electron chi connectivity index (χ2n) is 4.80. The number of carbonyl (C=O) groups excluding carboxylic acids is 1. The van der Waals surface area contributed by atoms with E-state index in [9.17, 15) is 18.0 Å². The quantitative estimate of drug-likeness (QED) is 0.925. The summed E-state index contributed by atoms with van der Waals surface area (Å²) in [4.78, 5) is 13.0. The molecule has 1 aromatic rings. The molecule has 0 aromatic heterocycles. The summed E-state index contributed by atoms with van der Waals surface area (Å²) in [5.74, 6) is 0.339. The molecule has 1 N–H and O–H groups in total. The van der Waals surface area contributed by atoms with Crippen LogP contribution in [0.2, 0.25) is 0 Å². The molecule has 0 saturated carbocycles. The number of ether oxygens (including phenoxy) is 1. The molecule has 0 spiro atoms. The van der Waals surface area contributed by atoms with E-state index in [1.165, 1.54) is 6.92 Å². The van der Waals surface area contributed by atoms with Crippen LogP contribution in [0.5, 0.6) is 0 Å². The van der Waals surface area contributed by atoms with Gasteiger partial charge in [0.05, 0.1) is 6.04 Å². The molecular weight excluding hydrogens is 303 g/mol. The summed E-state index contributed by atoms with van der Waals surface area (Å²) in [6.45, 7) is -0.0940. The Morgan fingerprint density at radius 2 is 2.19 bits per heavy atom. The number of carbonyl (C=O) groups is 1. The van der Waals surface area contributed by atoms with Crippen LogP contribution >= 0.6 is 11.8 Å². The van der Waals surface area contributed by atoms with Gasteiger partial charge < -0.3 is 10.1 Å². The SMILES string of the molecule is CC(OCC(F)(F)F)C(=O)NC1CCSc2ccccc21. The highest BCUT2D eigenvalue weighted by Gasteiger charge is 2.31. The fourth-order valence-electron chi connectivity index (χ4n) is 2.08. The van der Waals surface area contributed by atoms with Crippen LogP contribution in [0.1, 0.15) is 24.9 Å². The average Bonchev–Trinajstić information content (AvgIpc) is 2.44. The maximum atomic E-state index is 12.1. The zero-order chi connectivity index (χ0) is 15.5. The molecule has 2 atom stereocenters. The molecule has 7 heteroatoms. The smallest absolute Gasteiger partial charge is 0.359 e. The molecule has 2 unspecified atom stereocenters. The Morgan fingerprint density at radius 3 is 2.90 bits per heavy atom. The Balaban J connectivity index is 1.94. The zero-order valence-electron chi connectivity index (χ0n) is 11.4. The number of halogens is 3. The molecule has 116 valence electrons. The highest BCUT2D eigenvalue weighted by Crippen LogP contribution is 2.35. The summed E-state index contributed by atoms with van der Waals surface area (Å²) < 4.78 is 40.8. The summed E-state index contributed by atoms with van der Waals surface area (Å²) >= 11 is 1.71. The Bertz CT molecular complexity index is 507. The van der Waals surface area contributed by atoms with Crippen molar-refractivity contribution in [2.75, 3.05) is 12.4 Å². The molecule has 3 nitrogen and oxygen atoms in total. The number of thioether (sulfide) groups is 1. The van der Waals surface area contributed by atoms with E-state index in [1.807, 2.05) is 24.3 Å². The number of nitrogens with one attached hydrogen (secondary N) is 1. The molecule has 2 rings (SSSR count). The third kappa shape index (κ3) is 4.64. The van der Waals surface area contributed by atoms with Crippen LogP contribution in [0.25, 0.3) is 0 Å². The van der Waals surface area contributed by atoms with E-state index < -0.39 is 24.8 Å². The van der Waals surface area contributed by atoms with Gasteiger partial charge in [-0.05, 0) is 25.0 Å². The predicted octanol–water partition coefficient (Wildman–Crippen LogP) is 3.31. The van der Waals surface area contributed by atoms with Crippen LogP contribution in [-0.4, -0.2) is 30.5 Å². The lowest BCUT2D eigenvalue weighted by molar-refractivity contribution is -0.185. The van der Waals surface area contributed by atoms with Crippen molar-refractivity contribution in [3.8, 4) is 0 Å². The third-order valence-electron chi connectivity index (χ3n) is 3.14. The number of hydrogen-bond acceptors (Lipinski definition) is 3. The third-order valence-corrected chi connectivity index (χ3v) is 4.26. The first kappa shape index (κ1) is 16.2. The minimum Gasteiger partial charge on any atom is -0.359 e. The highest BCUT2D eigenvalue weighted by molar-refractivity contribution is 7.99. The van der Waals surface area contributed by atoms with E-state index in [-0.39, 0.29) is 6.04 Å². The molecule has 1 aliphatic heterocycles. The van der Waals surface area contributed by atoms with Crippen molar-refractivity contribution in [1.82, 2.24) is 5.32 Å². The summed E-state index contributed by atoms with van der Waals surface area (Å²) in [5, 5.41) is 2.77. The topological polar surface area (TPSA) is 38.3 Å². The van der Waals surface area contributed by atoms with Crippen molar-refractivity contribution >= 4 is 17.7 Å². The number of amides is 1. The van der Waals surface area contributed by atoms with Gasteiger partial charge in [-0.1, -0.05) is 18.2 Å². The Labute approximate surface area is 125 Å². The predicted molar refractivity (Wildman–Crippen MR) is 74.1 cm³/mol. The van der Waals surface area contributed by atoms with Crippen LogP contribution in [0.15, 0.2) is 29.2 Å². The Hall–Kier alpha value is -1.21. The van der Waals surface area contributed by atoms with Crippen molar-refractivity contribution in [3.05, 3.63) is 29.8 Å². The van der Waals surface area contributed by atoms with E-state index >= 15 is 0 Å². The first-order chi connectivity index (χ1) is 9.87. The normalized spacial score (nSPS) is 19.7. The van der Waals surface area contributed by atoms with Gasteiger partial charge in [0.15, 0.2) is 0 Å².